The van der Waals surface area contributed by atoms with E-state index in [0.717, 1.165) is 22.2 Å². The summed E-state index contributed by atoms with van der Waals surface area (Å²) in [5.74, 6) is 0.830. The first-order valence-corrected chi connectivity index (χ1v) is 7.12. The molecule has 3 aromatic rings. The number of nitrogens with zero attached hydrogens (tertiary/aromatic N) is 1. The lowest BCUT2D eigenvalue weighted by molar-refractivity contribution is 0.309. The van der Waals surface area contributed by atoms with Crippen molar-refractivity contribution in [1.29, 1.82) is 0 Å². The van der Waals surface area contributed by atoms with Crippen LogP contribution >= 0.6 is 22.6 Å². The summed E-state index contributed by atoms with van der Waals surface area (Å²) < 4.78 is 7.11. The molecular formula is C16H12INO. The molecule has 0 bridgehead atoms. The predicted octanol–water partition coefficient (Wildman–Crippen LogP) is 4.42. The van der Waals surface area contributed by atoms with Crippen molar-refractivity contribution in [2.75, 3.05) is 0 Å². The van der Waals surface area contributed by atoms with E-state index < -0.39 is 0 Å². The molecule has 0 aliphatic rings. The fourth-order valence-corrected chi connectivity index (χ4v) is 2.29. The molecule has 0 amide bonds. The summed E-state index contributed by atoms with van der Waals surface area (Å²) in [5, 5.41) is 1.10. The summed E-state index contributed by atoms with van der Waals surface area (Å²) in [7, 11) is 0. The topological polar surface area (TPSA) is 22.1 Å². The number of aromatic nitrogens is 1. The predicted molar refractivity (Wildman–Crippen MR) is 85.2 cm³/mol. The largest absolute Gasteiger partial charge is 0.487 e. The molecule has 0 aliphatic heterocycles. The fourth-order valence-electron chi connectivity index (χ4n) is 1.93. The zero-order valence-corrected chi connectivity index (χ0v) is 12.4. The van der Waals surface area contributed by atoms with Crippen LogP contribution in [-0.4, -0.2) is 4.98 Å². The van der Waals surface area contributed by atoms with Gasteiger partial charge in [-0.2, -0.15) is 0 Å². The maximum Gasteiger partial charge on any atom is 0.146 e. The number of hydrogen-bond acceptors (Lipinski definition) is 2. The molecule has 2 nitrogen and oxygen atoms in total. The molecule has 0 fully saturated rings. The number of pyridine rings is 1. The SMILES string of the molecule is Ic1ccc(COc2cccc3cccnc23)cc1. The van der Waals surface area contributed by atoms with Crippen molar-refractivity contribution in [3.63, 3.8) is 0 Å². The van der Waals surface area contributed by atoms with E-state index in [2.05, 4.69) is 51.8 Å². The molecule has 0 N–H and O–H groups in total. The van der Waals surface area contributed by atoms with E-state index in [0.29, 0.717) is 6.61 Å². The zero-order valence-electron chi connectivity index (χ0n) is 10.2. The highest BCUT2D eigenvalue weighted by atomic mass is 127. The summed E-state index contributed by atoms with van der Waals surface area (Å²) in [6.07, 6.45) is 1.79. The minimum Gasteiger partial charge on any atom is -0.487 e. The van der Waals surface area contributed by atoms with Crippen molar-refractivity contribution < 1.29 is 4.74 Å². The molecule has 0 radical (unpaired) electrons. The summed E-state index contributed by atoms with van der Waals surface area (Å²) in [6, 6.07) is 18.3. The highest BCUT2D eigenvalue weighted by Crippen LogP contribution is 2.23. The molecule has 0 unspecified atom stereocenters. The Hall–Kier alpha value is -1.62. The molecule has 3 rings (SSSR count). The van der Waals surface area contributed by atoms with E-state index in [1.54, 1.807) is 6.20 Å². The van der Waals surface area contributed by atoms with Crippen LogP contribution in [0.1, 0.15) is 5.56 Å². The van der Waals surface area contributed by atoms with Gasteiger partial charge in [0.15, 0.2) is 0 Å². The smallest absolute Gasteiger partial charge is 0.146 e. The first-order valence-electron chi connectivity index (χ1n) is 6.04. The van der Waals surface area contributed by atoms with Gasteiger partial charge in [0.25, 0.3) is 0 Å². The Morgan fingerprint density at radius 3 is 2.58 bits per heavy atom. The van der Waals surface area contributed by atoms with Crippen LogP contribution in [-0.2, 0) is 6.61 Å². The molecule has 0 saturated carbocycles. The van der Waals surface area contributed by atoms with Crippen LogP contribution in [0, 0.1) is 3.57 Å². The number of fused-ring (bicyclic) bond motifs is 1. The van der Waals surface area contributed by atoms with Crippen molar-refractivity contribution in [1.82, 2.24) is 4.98 Å². The number of rotatable bonds is 3. The molecular weight excluding hydrogens is 349 g/mol. The highest BCUT2D eigenvalue weighted by molar-refractivity contribution is 14.1. The molecule has 1 heterocycles. The number of halogens is 1. The van der Waals surface area contributed by atoms with Gasteiger partial charge in [0, 0.05) is 15.2 Å². The first-order chi connectivity index (χ1) is 9.33. The summed E-state index contributed by atoms with van der Waals surface area (Å²) in [6.45, 7) is 0.562. The lowest BCUT2D eigenvalue weighted by atomic mass is 10.2. The number of para-hydroxylation sites is 1. The van der Waals surface area contributed by atoms with Crippen molar-refractivity contribution in [2.24, 2.45) is 0 Å². The maximum atomic E-state index is 5.88. The van der Waals surface area contributed by atoms with Gasteiger partial charge in [-0.3, -0.25) is 4.98 Å². The Bertz CT molecular complexity index is 689. The Balaban J connectivity index is 1.84. The third kappa shape index (κ3) is 2.87. The third-order valence-corrected chi connectivity index (χ3v) is 3.62. The fraction of sp³-hybridized carbons (Fsp3) is 0.0625. The Morgan fingerprint density at radius 2 is 1.74 bits per heavy atom. The molecule has 0 saturated heterocycles. The van der Waals surface area contributed by atoms with Crippen molar-refractivity contribution in [3.8, 4) is 5.75 Å². The van der Waals surface area contributed by atoms with Gasteiger partial charge in [0.1, 0.15) is 17.9 Å². The molecule has 1 aromatic heterocycles. The van der Waals surface area contributed by atoms with Crippen molar-refractivity contribution in [2.45, 2.75) is 6.61 Å². The molecule has 3 heteroatoms. The lowest BCUT2D eigenvalue weighted by Crippen LogP contribution is -1.96. The van der Waals surface area contributed by atoms with Crippen LogP contribution < -0.4 is 4.74 Å². The minimum absolute atomic E-state index is 0.562. The summed E-state index contributed by atoms with van der Waals surface area (Å²) >= 11 is 2.30. The summed E-state index contributed by atoms with van der Waals surface area (Å²) in [4.78, 5) is 4.38. The van der Waals surface area contributed by atoms with Gasteiger partial charge >= 0.3 is 0 Å². The van der Waals surface area contributed by atoms with Gasteiger partial charge in [-0.05, 0) is 52.4 Å². The highest BCUT2D eigenvalue weighted by Gasteiger charge is 2.02. The van der Waals surface area contributed by atoms with E-state index >= 15 is 0 Å². The number of ether oxygens (including phenoxy) is 1. The second kappa shape index (κ2) is 5.57. The van der Waals surface area contributed by atoms with Crippen LogP contribution in [0.4, 0.5) is 0 Å². The van der Waals surface area contributed by atoms with Crippen molar-refractivity contribution >= 4 is 33.5 Å². The van der Waals surface area contributed by atoms with Gasteiger partial charge in [-0.1, -0.05) is 30.3 Å². The molecule has 94 valence electrons. The molecule has 0 spiro atoms. The van der Waals surface area contributed by atoms with E-state index in [4.69, 9.17) is 4.74 Å². The third-order valence-electron chi connectivity index (χ3n) is 2.90. The Kier molecular flexibility index (Phi) is 3.64. The van der Waals surface area contributed by atoms with E-state index in [1.807, 2.05) is 30.3 Å². The van der Waals surface area contributed by atoms with Gasteiger partial charge in [-0.25, -0.2) is 0 Å². The summed E-state index contributed by atoms with van der Waals surface area (Å²) in [5.41, 5.74) is 2.07. The zero-order chi connectivity index (χ0) is 13.1. The lowest BCUT2D eigenvalue weighted by Gasteiger charge is -2.08. The van der Waals surface area contributed by atoms with Crippen LogP contribution in [0.2, 0.25) is 0 Å². The standard InChI is InChI=1S/C16H12INO/c17-14-8-6-12(7-9-14)11-19-15-5-1-3-13-4-2-10-18-16(13)15/h1-10H,11H2. The number of benzene rings is 2. The average Bonchev–Trinajstić information content (AvgIpc) is 2.47. The second-order valence-electron chi connectivity index (χ2n) is 4.25. The number of hydrogen-bond donors (Lipinski definition) is 0. The first kappa shape index (κ1) is 12.4. The second-order valence-corrected chi connectivity index (χ2v) is 5.49. The molecule has 0 atom stereocenters. The van der Waals surface area contributed by atoms with Crippen LogP contribution in [0.15, 0.2) is 60.8 Å². The van der Waals surface area contributed by atoms with E-state index in [1.165, 1.54) is 3.57 Å². The van der Waals surface area contributed by atoms with Crippen LogP contribution in [0.3, 0.4) is 0 Å². The minimum atomic E-state index is 0.562. The molecule has 2 aromatic carbocycles. The van der Waals surface area contributed by atoms with Crippen molar-refractivity contribution in [3.05, 3.63) is 69.9 Å². The van der Waals surface area contributed by atoms with Gasteiger partial charge in [0.05, 0.1) is 0 Å². The Morgan fingerprint density at radius 1 is 0.947 bits per heavy atom. The van der Waals surface area contributed by atoms with Gasteiger partial charge in [0.2, 0.25) is 0 Å². The normalized spacial score (nSPS) is 10.6. The van der Waals surface area contributed by atoms with E-state index in [-0.39, 0.29) is 0 Å². The average molecular weight is 361 g/mol. The maximum absolute atomic E-state index is 5.88. The monoisotopic (exact) mass is 361 g/mol. The molecule has 19 heavy (non-hydrogen) atoms. The van der Waals surface area contributed by atoms with Gasteiger partial charge < -0.3 is 4.74 Å². The quantitative estimate of drug-likeness (QED) is 0.645. The Labute approximate surface area is 125 Å². The molecule has 0 aliphatic carbocycles. The van der Waals surface area contributed by atoms with Crippen LogP contribution in [0.25, 0.3) is 10.9 Å². The van der Waals surface area contributed by atoms with Crippen LogP contribution in [0.5, 0.6) is 5.75 Å². The van der Waals surface area contributed by atoms with E-state index in [9.17, 15) is 0 Å². The van der Waals surface area contributed by atoms with Gasteiger partial charge in [-0.15, -0.1) is 0 Å².